The van der Waals surface area contributed by atoms with E-state index in [4.69, 9.17) is 0 Å². The molecule has 2 heterocycles. The highest BCUT2D eigenvalue weighted by molar-refractivity contribution is 7.09. The van der Waals surface area contributed by atoms with Gasteiger partial charge in [-0.3, -0.25) is 0 Å². The first-order valence-electron chi connectivity index (χ1n) is 6.72. The molecule has 0 aromatic carbocycles. The summed E-state index contributed by atoms with van der Waals surface area (Å²) in [5.74, 6) is 2.89. The number of aromatic nitrogens is 3. The maximum atomic E-state index is 4.62. The lowest BCUT2D eigenvalue weighted by molar-refractivity contribution is 0.773. The zero-order chi connectivity index (χ0) is 14.7. The van der Waals surface area contributed by atoms with Crippen molar-refractivity contribution < 1.29 is 0 Å². The van der Waals surface area contributed by atoms with Crippen LogP contribution in [0.3, 0.4) is 0 Å². The molecule has 0 spiro atoms. The van der Waals surface area contributed by atoms with E-state index < -0.39 is 0 Å². The lowest BCUT2D eigenvalue weighted by Gasteiger charge is -2.14. The van der Waals surface area contributed by atoms with Crippen LogP contribution < -0.4 is 10.6 Å². The second-order valence-electron chi connectivity index (χ2n) is 5.04. The van der Waals surface area contributed by atoms with Gasteiger partial charge in [-0.1, -0.05) is 13.8 Å². The molecule has 0 fully saturated rings. The van der Waals surface area contributed by atoms with Crippen molar-refractivity contribution in [3.8, 4) is 0 Å². The Hall–Kier alpha value is -1.69. The van der Waals surface area contributed by atoms with E-state index in [1.54, 1.807) is 11.3 Å². The normalized spacial score (nSPS) is 10.9. The van der Waals surface area contributed by atoms with E-state index in [1.165, 1.54) is 0 Å². The fourth-order valence-electron chi connectivity index (χ4n) is 1.85. The van der Waals surface area contributed by atoms with Crippen LogP contribution in [0.2, 0.25) is 0 Å². The van der Waals surface area contributed by atoms with Gasteiger partial charge in [0.1, 0.15) is 22.5 Å². The highest BCUT2D eigenvalue weighted by Gasteiger charge is 2.12. The lowest BCUT2D eigenvalue weighted by atomic mass is 10.2. The van der Waals surface area contributed by atoms with Gasteiger partial charge in [-0.05, 0) is 13.8 Å². The van der Waals surface area contributed by atoms with Gasteiger partial charge >= 0.3 is 0 Å². The largest absolute Gasteiger partial charge is 0.373 e. The van der Waals surface area contributed by atoms with Gasteiger partial charge in [0, 0.05) is 29.6 Å². The van der Waals surface area contributed by atoms with Crippen molar-refractivity contribution in [1.29, 1.82) is 0 Å². The van der Waals surface area contributed by atoms with Gasteiger partial charge in [-0.15, -0.1) is 11.3 Å². The SMILES string of the molecule is CNc1nc(C(C)C)nc(NCc2nc(C)cs2)c1C. The van der Waals surface area contributed by atoms with Crippen LogP contribution in [0.25, 0.3) is 0 Å². The second kappa shape index (κ2) is 6.17. The average Bonchev–Trinajstić information content (AvgIpc) is 2.83. The van der Waals surface area contributed by atoms with Gasteiger partial charge in [0.25, 0.3) is 0 Å². The van der Waals surface area contributed by atoms with Gasteiger partial charge < -0.3 is 10.6 Å². The molecule has 2 aromatic heterocycles. The van der Waals surface area contributed by atoms with Gasteiger partial charge in [0.05, 0.1) is 6.54 Å². The third kappa shape index (κ3) is 3.25. The van der Waals surface area contributed by atoms with E-state index >= 15 is 0 Å². The number of nitrogens with zero attached hydrogens (tertiary/aromatic N) is 3. The minimum atomic E-state index is 0.297. The summed E-state index contributed by atoms with van der Waals surface area (Å²) in [5.41, 5.74) is 2.09. The van der Waals surface area contributed by atoms with Gasteiger partial charge in [-0.2, -0.15) is 0 Å². The molecular formula is C14H21N5S. The minimum Gasteiger partial charge on any atom is -0.373 e. The number of nitrogens with one attached hydrogen (secondary N) is 2. The van der Waals surface area contributed by atoms with Crippen LogP contribution in [0.1, 0.15) is 41.9 Å². The molecule has 0 saturated heterocycles. The van der Waals surface area contributed by atoms with Crippen molar-refractivity contribution in [3.63, 3.8) is 0 Å². The van der Waals surface area contributed by atoms with Crippen molar-refractivity contribution in [2.75, 3.05) is 17.7 Å². The highest BCUT2D eigenvalue weighted by atomic mass is 32.1. The average molecular weight is 291 g/mol. The molecule has 20 heavy (non-hydrogen) atoms. The van der Waals surface area contributed by atoms with Crippen LogP contribution in [-0.2, 0) is 6.54 Å². The maximum absolute atomic E-state index is 4.62. The van der Waals surface area contributed by atoms with Gasteiger partial charge in [0.2, 0.25) is 0 Å². The van der Waals surface area contributed by atoms with E-state index in [0.29, 0.717) is 12.5 Å². The molecule has 0 radical (unpaired) electrons. The molecule has 6 heteroatoms. The van der Waals surface area contributed by atoms with E-state index in [9.17, 15) is 0 Å². The number of hydrogen-bond acceptors (Lipinski definition) is 6. The van der Waals surface area contributed by atoms with Crippen LogP contribution in [0, 0.1) is 13.8 Å². The summed E-state index contributed by atoms with van der Waals surface area (Å²) in [5, 5.41) is 9.62. The number of rotatable bonds is 5. The van der Waals surface area contributed by atoms with E-state index in [-0.39, 0.29) is 0 Å². The Labute approximate surface area is 123 Å². The molecule has 0 aliphatic carbocycles. The summed E-state index contributed by atoms with van der Waals surface area (Å²) in [7, 11) is 1.88. The van der Waals surface area contributed by atoms with Crippen molar-refractivity contribution in [2.24, 2.45) is 0 Å². The summed E-state index contributed by atoms with van der Waals surface area (Å²) in [6.45, 7) is 8.91. The Morgan fingerprint density at radius 2 is 1.85 bits per heavy atom. The predicted molar refractivity (Wildman–Crippen MR) is 84.6 cm³/mol. The Kier molecular flexibility index (Phi) is 4.54. The number of hydrogen-bond donors (Lipinski definition) is 2. The summed E-state index contributed by atoms with van der Waals surface area (Å²) in [6, 6.07) is 0. The summed E-state index contributed by atoms with van der Waals surface area (Å²) >= 11 is 1.66. The standard InChI is InChI=1S/C14H21N5S/c1-8(2)12-18-13(15-5)10(4)14(19-12)16-6-11-17-9(3)7-20-11/h7-8H,6H2,1-5H3,(H2,15,16,18,19). The van der Waals surface area contributed by atoms with Crippen LogP contribution >= 0.6 is 11.3 Å². The van der Waals surface area contributed by atoms with Crippen molar-refractivity contribution in [1.82, 2.24) is 15.0 Å². The van der Waals surface area contributed by atoms with Crippen molar-refractivity contribution in [3.05, 3.63) is 27.5 Å². The predicted octanol–water partition coefficient (Wildman–Crippen LogP) is 3.33. The number of aryl methyl sites for hydroxylation is 1. The first-order chi connectivity index (χ1) is 9.51. The fourth-order valence-corrected chi connectivity index (χ4v) is 2.56. The third-order valence-electron chi connectivity index (χ3n) is 2.99. The fraction of sp³-hybridized carbons (Fsp3) is 0.500. The zero-order valence-corrected chi connectivity index (χ0v) is 13.4. The van der Waals surface area contributed by atoms with Gasteiger partial charge in [0.15, 0.2) is 0 Å². The quantitative estimate of drug-likeness (QED) is 0.884. The first-order valence-corrected chi connectivity index (χ1v) is 7.60. The van der Waals surface area contributed by atoms with Crippen LogP contribution in [0.15, 0.2) is 5.38 Å². The summed E-state index contributed by atoms with van der Waals surface area (Å²) in [4.78, 5) is 13.6. The molecule has 0 aliphatic heterocycles. The molecule has 0 amide bonds. The molecule has 0 aliphatic rings. The summed E-state index contributed by atoms with van der Waals surface area (Å²) in [6.07, 6.45) is 0. The summed E-state index contributed by atoms with van der Waals surface area (Å²) < 4.78 is 0. The van der Waals surface area contributed by atoms with Crippen LogP contribution in [-0.4, -0.2) is 22.0 Å². The number of thiazole rings is 1. The Balaban J connectivity index is 2.23. The maximum Gasteiger partial charge on any atom is 0.135 e. The molecule has 0 atom stereocenters. The lowest BCUT2D eigenvalue weighted by Crippen LogP contribution is -2.10. The molecule has 2 rings (SSSR count). The molecular weight excluding hydrogens is 270 g/mol. The minimum absolute atomic E-state index is 0.297. The molecule has 5 nitrogen and oxygen atoms in total. The molecule has 108 valence electrons. The Bertz CT molecular complexity index is 591. The molecule has 0 unspecified atom stereocenters. The van der Waals surface area contributed by atoms with E-state index in [1.807, 2.05) is 20.9 Å². The van der Waals surface area contributed by atoms with Gasteiger partial charge in [-0.25, -0.2) is 15.0 Å². The monoisotopic (exact) mass is 291 g/mol. The van der Waals surface area contributed by atoms with Crippen molar-refractivity contribution >= 4 is 23.0 Å². The third-order valence-corrected chi connectivity index (χ3v) is 3.96. The molecule has 2 N–H and O–H groups in total. The van der Waals surface area contributed by atoms with Crippen LogP contribution in [0.4, 0.5) is 11.6 Å². The Morgan fingerprint density at radius 1 is 1.15 bits per heavy atom. The highest BCUT2D eigenvalue weighted by Crippen LogP contribution is 2.23. The van der Waals surface area contributed by atoms with Crippen molar-refractivity contribution in [2.45, 2.75) is 40.2 Å². The smallest absolute Gasteiger partial charge is 0.135 e. The molecule has 0 saturated carbocycles. The first kappa shape index (κ1) is 14.7. The van der Waals surface area contributed by atoms with Crippen LogP contribution in [0.5, 0.6) is 0 Å². The topological polar surface area (TPSA) is 62.7 Å². The van der Waals surface area contributed by atoms with E-state index in [0.717, 1.165) is 33.7 Å². The second-order valence-corrected chi connectivity index (χ2v) is 5.99. The molecule has 0 bridgehead atoms. The zero-order valence-electron chi connectivity index (χ0n) is 12.6. The van der Waals surface area contributed by atoms with E-state index in [2.05, 4.69) is 44.8 Å². The number of anilines is 2. The molecule has 2 aromatic rings. The Morgan fingerprint density at radius 3 is 2.40 bits per heavy atom.